The molecule has 20 heavy (non-hydrogen) atoms. The Bertz CT molecular complexity index is 741. The highest BCUT2D eigenvalue weighted by atomic mass is 35.5. The molecule has 0 amide bonds. The van der Waals surface area contributed by atoms with Crippen molar-refractivity contribution in [2.45, 2.75) is 10.6 Å². The van der Waals surface area contributed by atoms with Gasteiger partial charge in [-0.1, -0.05) is 35.9 Å². The van der Waals surface area contributed by atoms with Crippen LogP contribution < -0.4 is 5.73 Å². The van der Waals surface area contributed by atoms with E-state index in [9.17, 15) is 0 Å². The third-order valence-electron chi connectivity index (χ3n) is 3.07. The maximum Gasteiger partial charge on any atom is 0.0942 e. The average Bonchev–Trinajstić information content (AvgIpc) is 2.47. The van der Waals surface area contributed by atoms with Crippen molar-refractivity contribution in [2.24, 2.45) is 0 Å². The summed E-state index contributed by atoms with van der Waals surface area (Å²) in [6.45, 7) is 0. The Morgan fingerprint density at radius 1 is 1.05 bits per heavy atom. The molecule has 0 bridgehead atoms. The van der Waals surface area contributed by atoms with Crippen LogP contribution in [0, 0.1) is 0 Å². The van der Waals surface area contributed by atoms with E-state index in [0.29, 0.717) is 0 Å². The minimum absolute atomic E-state index is 0.719. The molecule has 0 spiro atoms. The molecule has 4 heteroatoms. The molecule has 100 valence electrons. The lowest BCUT2D eigenvalue weighted by Gasteiger charge is -2.07. The van der Waals surface area contributed by atoms with Gasteiger partial charge in [0.05, 0.1) is 11.2 Å². The number of anilines is 1. The molecule has 1 heterocycles. The molecule has 0 radical (unpaired) electrons. The van der Waals surface area contributed by atoms with Crippen molar-refractivity contribution < 1.29 is 0 Å². The average molecular weight is 301 g/mol. The van der Waals surface area contributed by atoms with Crippen molar-refractivity contribution in [1.82, 2.24) is 4.98 Å². The highest BCUT2D eigenvalue weighted by Gasteiger charge is 2.05. The number of nitrogen functional groups attached to an aromatic ring is 1. The molecule has 0 aliphatic carbocycles. The number of thioether (sulfide) groups is 1. The molecule has 2 aromatic carbocycles. The highest BCUT2D eigenvalue weighted by molar-refractivity contribution is 7.98. The Kier molecular flexibility index (Phi) is 3.81. The Hall–Kier alpha value is -1.71. The van der Waals surface area contributed by atoms with E-state index in [1.54, 1.807) is 11.8 Å². The van der Waals surface area contributed by atoms with Gasteiger partial charge < -0.3 is 5.73 Å². The van der Waals surface area contributed by atoms with E-state index >= 15 is 0 Å². The number of para-hydroxylation sites is 1. The first-order chi connectivity index (χ1) is 9.74. The monoisotopic (exact) mass is 300 g/mol. The first-order valence-corrected chi connectivity index (χ1v) is 7.61. The highest BCUT2D eigenvalue weighted by Crippen LogP contribution is 2.31. The van der Waals surface area contributed by atoms with Crippen LogP contribution in [0.1, 0.15) is 5.56 Å². The minimum Gasteiger partial charge on any atom is -0.397 e. The molecule has 0 atom stereocenters. The number of nitrogens with zero attached hydrogens (tertiary/aromatic N) is 1. The van der Waals surface area contributed by atoms with Gasteiger partial charge in [0.25, 0.3) is 0 Å². The molecular weight excluding hydrogens is 288 g/mol. The Labute approximate surface area is 127 Å². The predicted octanol–water partition coefficient (Wildman–Crippen LogP) is 4.76. The standard InChI is InChI=1S/C16H13ClN2S/c17-12-6-4-11(5-7-12)10-20-15-8-9-19-16-13(15)2-1-3-14(16)18/h1-9H,10,18H2. The van der Waals surface area contributed by atoms with Gasteiger partial charge in [-0.25, -0.2) is 0 Å². The van der Waals surface area contributed by atoms with Crippen LogP contribution in [0.5, 0.6) is 0 Å². The van der Waals surface area contributed by atoms with E-state index in [1.165, 1.54) is 10.5 Å². The smallest absolute Gasteiger partial charge is 0.0942 e. The number of nitrogens with two attached hydrogens (primary N) is 1. The molecule has 0 aliphatic heterocycles. The van der Waals surface area contributed by atoms with Crippen molar-refractivity contribution in [3.63, 3.8) is 0 Å². The molecule has 1 aromatic heterocycles. The second-order valence-electron chi connectivity index (χ2n) is 4.47. The van der Waals surface area contributed by atoms with Crippen molar-refractivity contribution in [3.8, 4) is 0 Å². The fraction of sp³-hybridized carbons (Fsp3) is 0.0625. The number of aromatic nitrogens is 1. The number of fused-ring (bicyclic) bond motifs is 1. The van der Waals surface area contributed by atoms with Crippen LogP contribution in [-0.4, -0.2) is 4.98 Å². The summed E-state index contributed by atoms with van der Waals surface area (Å²) in [6, 6.07) is 15.9. The van der Waals surface area contributed by atoms with Crippen LogP contribution >= 0.6 is 23.4 Å². The lowest BCUT2D eigenvalue weighted by molar-refractivity contribution is 1.34. The number of halogens is 1. The van der Waals surface area contributed by atoms with E-state index in [0.717, 1.165) is 27.4 Å². The van der Waals surface area contributed by atoms with Gasteiger partial charge in [-0.3, -0.25) is 4.98 Å². The number of hydrogen-bond acceptors (Lipinski definition) is 3. The first kappa shape index (κ1) is 13.3. The molecular formula is C16H13ClN2S. The largest absolute Gasteiger partial charge is 0.397 e. The fourth-order valence-electron chi connectivity index (χ4n) is 2.04. The van der Waals surface area contributed by atoms with Crippen LogP contribution in [0.4, 0.5) is 5.69 Å². The van der Waals surface area contributed by atoms with Crippen molar-refractivity contribution in [3.05, 3.63) is 65.3 Å². The zero-order valence-corrected chi connectivity index (χ0v) is 12.3. The Morgan fingerprint density at radius 2 is 1.85 bits per heavy atom. The van der Waals surface area contributed by atoms with Crippen LogP contribution in [0.2, 0.25) is 5.02 Å². The second-order valence-corrected chi connectivity index (χ2v) is 5.92. The minimum atomic E-state index is 0.719. The summed E-state index contributed by atoms with van der Waals surface area (Å²) in [7, 11) is 0. The van der Waals surface area contributed by atoms with Gasteiger partial charge in [-0.2, -0.15) is 0 Å². The molecule has 2 N–H and O–H groups in total. The molecule has 0 unspecified atom stereocenters. The molecule has 3 aromatic rings. The van der Waals surface area contributed by atoms with Gasteiger partial charge in [0.2, 0.25) is 0 Å². The van der Waals surface area contributed by atoms with E-state index < -0.39 is 0 Å². The summed E-state index contributed by atoms with van der Waals surface area (Å²) in [4.78, 5) is 5.54. The van der Waals surface area contributed by atoms with E-state index in [1.807, 2.05) is 48.7 Å². The molecule has 0 aliphatic rings. The molecule has 0 fully saturated rings. The molecule has 0 saturated heterocycles. The van der Waals surface area contributed by atoms with Crippen molar-refractivity contribution in [1.29, 1.82) is 0 Å². The summed E-state index contributed by atoms with van der Waals surface area (Å²) < 4.78 is 0. The lowest BCUT2D eigenvalue weighted by Crippen LogP contribution is -1.90. The first-order valence-electron chi connectivity index (χ1n) is 6.24. The predicted molar refractivity (Wildman–Crippen MR) is 87.2 cm³/mol. The normalized spacial score (nSPS) is 10.8. The van der Waals surface area contributed by atoms with Crippen LogP contribution in [0.3, 0.4) is 0 Å². The lowest BCUT2D eigenvalue weighted by atomic mass is 10.2. The van der Waals surface area contributed by atoms with Crippen LogP contribution in [0.15, 0.2) is 59.6 Å². The van der Waals surface area contributed by atoms with Gasteiger partial charge in [0.15, 0.2) is 0 Å². The second kappa shape index (κ2) is 5.73. The third kappa shape index (κ3) is 2.74. The van der Waals surface area contributed by atoms with E-state index in [2.05, 4.69) is 11.1 Å². The topological polar surface area (TPSA) is 38.9 Å². The maximum absolute atomic E-state index is 5.96. The third-order valence-corrected chi connectivity index (χ3v) is 4.47. The maximum atomic E-state index is 5.96. The van der Waals surface area contributed by atoms with E-state index in [4.69, 9.17) is 17.3 Å². The molecule has 0 saturated carbocycles. The Morgan fingerprint density at radius 3 is 2.65 bits per heavy atom. The molecule has 2 nitrogen and oxygen atoms in total. The van der Waals surface area contributed by atoms with Crippen molar-refractivity contribution in [2.75, 3.05) is 5.73 Å². The van der Waals surface area contributed by atoms with Gasteiger partial charge in [-0.15, -0.1) is 11.8 Å². The number of hydrogen-bond donors (Lipinski definition) is 1. The summed E-state index contributed by atoms with van der Waals surface area (Å²) in [5.41, 5.74) is 8.79. The summed E-state index contributed by atoms with van der Waals surface area (Å²) in [6.07, 6.45) is 1.81. The SMILES string of the molecule is Nc1cccc2c(SCc3ccc(Cl)cc3)ccnc12. The number of pyridine rings is 1. The summed E-state index contributed by atoms with van der Waals surface area (Å²) in [5, 5.41) is 1.87. The number of benzene rings is 2. The summed E-state index contributed by atoms with van der Waals surface area (Å²) in [5.74, 6) is 0.894. The zero-order valence-electron chi connectivity index (χ0n) is 10.7. The Balaban J connectivity index is 1.88. The van der Waals surface area contributed by atoms with Gasteiger partial charge in [-0.05, 0) is 29.8 Å². The van der Waals surface area contributed by atoms with Crippen LogP contribution in [-0.2, 0) is 5.75 Å². The summed E-state index contributed by atoms with van der Waals surface area (Å²) >= 11 is 7.67. The zero-order chi connectivity index (χ0) is 13.9. The van der Waals surface area contributed by atoms with E-state index in [-0.39, 0.29) is 0 Å². The van der Waals surface area contributed by atoms with Gasteiger partial charge in [0, 0.05) is 27.3 Å². The number of rotatable bonds is 3. The van der Waals surface area contributed by atoms with Crippen molar-refractivity contribution >= 4 is 40.0 Å². The van der Waals surface area contributed by atoms with Gasteiger partial charge in [0.1, 0.15) is 0 Å². The fourth-order valence-corrected chi connectivity index (χ4v) is 3.16. The van der Waals surface area contributed by atoms with Gasteiger partial charge >= 0.3 is 0 Å². The quantitative estimate of drug-likeness (QED) is 0.560. The molecule has 3 rings (SSSR count). The van der Waals surface area contributed by atoms with Crippen LogP contribution in [0.25, 0.3) is 10.9 Å².